The first kappa shape index (κ1) is 25.3. The SMILES string of the molecule is CC(C)OC(=O)CC/C=C\CC[C@@H]1[C@@H](CC[C@@H](F)COc2ccccc2)[C@H](O)C[C@@H]1O. The predicted octanol–water partition coefficient (Wildman–Crippen LogP) is 4.61. The van der Waals surface area contributed by atoms with E-state index in [0.29, 0.717) is 37.9 Å². The molecule has 2 N–H and O–H groups in total. The quantitative estimate of drug-likeness (QED) is 0.349. The molecular formula is C25H37FO5. The third-order valence-corrected chi connectivity index (χ3v) is 5.72. The Balaban J connectivity index is 1.70. The highest BCUT2D eigenvalue weighted by Crippen LogP contribution is 2.39. The van der Waals surface area contributed by atoms with Crippen LogP contribution in [0.15, 0.2) is 42.5 Å². The Hall–Kier alpha value is -1.92. The molecule has 1 fully saturated rings. The average Bonchev–Trinajstić information content (AvgIpc) is 3.00. The fraction of sp³-hybridized carbons (Fsp3) is 0.640. The Labute approximate surface area is 185 Å². The van der Waals surface area contributed by atoms with E-state index in [1.807, 2.05) is 44.2 Å². The minimum absolute atomic E-state index is 0.0119. The zero-order valence-electron chi connectivity index (χ0n) is 18.7. The number of allylic oxidation sites excluding steroid dienone is 2. The van der Waals surface area contributed by atoms with Crippen molar-refractivity contribution in [2.45, 2.75) is 83.3 Å². The van der Waals surface area contributed by atoms with E-state index in [9.17, 15) is 19.4 Å². The Kier molecular flexibility index (Phi) is 11.0. The van der Waals surface area contributed by atoms with Crippen LogP contribution in [0.25, 0.3) is 0 Å². The first-order valence-electron chi connectivity index (χ1n) is 11.4. The summed E-state index contributed by atoms with van der Waals surface area (Å²) >= 11 is 0. The summed E-state index contributed by atoms with van der Waals surface area (Å²) in [7, 11) is 0. The lowest BCUT2D eigenvalue weighted by atomic mass is 9.85. The summed E-state index contributed by atoms with van der Waals surface area (Å²) < 4.78 is 24.9. The van der Waals surface area contributed by atoms with Crippen LogP contribution in [0.3, 0.4) is 0 Å². The smallest absolute Gasteiger partial charge is 0.306 e. The maximum atomic E-state index is 14.3. The number of rotatable bonds is 13. The molecule has 0 heterocycles. The number of benzene rings is 1. The zero-order valence-corrected chi connectivity index (χ0v) is 18.7. The van der Waals surface area contributed by atoms with E-state index in [-0.39, 0.29) is 30.5 Å². The van der Waals surface area contributed by atoms with E-state index in [4.69, 9.17) is 9.47 Å². The minimum Gasteiger partial charge on any atom is -0.491 e. The van der Waals surface area contributed by atoms with Gasteiger partial charge in [-0.05, 0) is 76.3 Å². The number of halogens is 1. The molecule has 1 aromatic rings. The molecule has 0 unspecified atom stereocenters. The number of aliphatic hydroxyl groups excluding tert-OH is 2. The van der Waals surface area contributed by atoms with E-state index in [1.54, 1.807) is 12.1 Å². The lowest BCUT2D eigenvalue weighted by Crippen LogP contribution is -2.24. The number of ether oxygens (including phenoxy) is 2. The second kappa shape index (κ2) is 13.5. The van der Waals surface area contributed by atoms with E-state index >= 15 is 0 Å². The molecule has 0 bridgehead atoms. The van der Waals surface area contributed by atoms with Crippen molar-refractivity contribution in [3.63, 3.8) is 0 Å². The summed E-state index contributed by atoms with van der Waals surface area (Å²) in [5.41, 5.74) is 0. The summed E-state index contributed by atoms with van der Waals surface area (Å²) in [5.74, 6) is 0.280. The van der Waals surface area contributed by atoms with Crippen molar-refractivity contribution < 1.29 is 28.9 Å². The standard InChI is InChI=1S/C25H37FO5/c1-18(2)31-25(29)13-9-4-3-8-12-21-22(24(28)16-23(21)27)15-14-19(26)17-30-20-10-6-5-7-11-20/h3-7,10-11,18-19,21-24,27-28H,8-9,12-17H2,1-2H3/b4-3-/t19-,21-,22-,23+,24-/m1/s1. The van der Waals surface area contributed by atoms with Gasteiger partial charge in [0.15, 0.2) is 0 Å². The molecule has 1 aromatic carbocycles. The molecule has 5 nitrogen and oxygen atoms in total. The molecule has 1 aliphatic rings. The van der Waals surface area contributed by atoms with E-state index < -0.39 is 18.4 Å². The van der Waals surface area contributed by atoms with Crippen LogP contribution < -0.4 is 4.74 Å². The molecule has 6 heteroatoms. The molecule has 1 saturated carbocycles. The first-order valence-corrected chi connectivity index (χ1v) is 11.4. The van der Waals surface area contributed by atoms with Crippen molar-refractivity contribution in [1.82, 2.24) is 0 Å². The van der Waals surface area contributed by atoms with Gasteiger partial charge in [-0.1, -0.05) is 30.4 Å². The van der Waals surface area contributed by atoms with Crippen molar-refractivity contribution in [2.75, 3.05) is 6.61 Å². The molecule has 0 radical (unpaired) electrons. The van der Waals surface area contributed by atoms with Gasteiger partial charge >= 0.3 is 5.97 Å². The Morgan fingerprint density at radius 3 is 2.42 bits per heavy atom. The number of esters is 1. The molecule has 174 valence electrons. The van der Waals surface area contributed by atoms with Gasteiger partial charge in [-0.25, -0.2) is 4.39 Å². The lowest BCUT2D eigenvalue weighted by molar-refractivity contribution is -0.147. The Morgan fingerprint density at radius 1 is 1.10 bits per heavy atom. The van der Waals surface area contributed by atoms with Crippen LogP contribution in [0, 0.1) is 11.8 Å². The molecule has 5 atom stereocenters. The van der Waals surface area contributed by atoms with Crippen molar-refractivity contribution in [2.24, 2.45) is 11.8 Å². The normalized spacial score (nSPS) is 24.6. The lowest BCUT2D eigenvalue weighted by Gasteiger charge is -2.24. The van der Waals surface area contributed by atoms with Crippen LogP contribution in [0.5, 0.6) is 5.75 Å². The summed E-state index contributed by atoms with van der Waals surface area (Å²) in [6.45, 7) is 3.64. The largest absolute Gasteiger partial charge is 0.491 e. The number of hydrogen-bond acceptors (Lipinski definition) is 5. The molecule has 2 rings (SSSR count). The maximum absolute atomic E-state index is 14.3. The predicted molar refractivity (Wildman–Crippen MR) is 119 cm³/mol. The number of aliphatic hydroxyl groups is 2. The van der Waals surface area contributed by atoms with Gasteiger partial charge < -0.3 is 19.7 Å². The third kappa shape index (κ3) is 9.40. The molecular weight excluding hydrogens is 399 g/mol. The second-order valence-corrected chi connectivity index (χ2v) is 8.62. The average molecular weight is 437 g/mol. The summed E-state index contributed by atoms with van der Waals surface area (Å²) in [6, 6.07) is 9.15. The molecule has 31 heavy (non-hydrogen) atoms. The van der Waals surface area contributed by atoms with Crippen LogP contribution in [-0.4, -0.2) is 47.3 Å². The highest BCUT2D eigenvalue weighted by molar-refractivity contribution is 5.69. The van der Waals surface area contributed by atoms with E-state index in [2.05, 4.69) is 0 Å². The number of alkyl halides is 1. The summed E-state index contributed by atoms with van der Waals surface area (Å²) in [6.07, 6.45) is 5.19. The third-order valence-electron chi connectivity index (χ3n) is 5.72. The minimum atomic E-state index is -1.11. The first-order chi connectivity index (χ1) is 14.9. The fourth-order valence-corrected chi connectivity index (χ4v) is 4.19. The number of para-hydroxylation sites is 1. The van der Waals surface area contributed by atoms with Gasteiger partial charge in [-0.15, -0.1) is 0 Å². The van der Waals surface area contributed by atoms with Gasteiger partial charge in [-0.2, -0.15) is 0 Å². The zero-order chi connectivity index (χ0) is 22.6. The van der Waals surface area contributed by atoms with Crippen molar-refractivity contribution in [3.05, 3.63) is 42.5 Å². The van der Waals surface area contributed by atoms with Gasteiger partial charge in [0.2, 0.25) is 0 Å². The van der Waals surface area contributed by atoms with Gasteiger partial charge in [0.1, 0.15) is 18.5 Å². The molecule has 0 spiro atoms. The topological polar surface area (TPSA) is 76.0 Å². The summed E-state index contributed by atoms with van der Waals surface area (Å²) in [4.78, 5) is 11.5. The monoisotopic (exact) mass is 436 g/mol. The van der Waals surface area contributed by atoms with Crippen LogP contribution in [0.4, 0.5) is 4.39 Å². The fourth-order valence-electron chi connectivity index (χ4n) is 4.19. The van der Waals surface area contributed by atoms with E-state index in [1.165, 1.54) is 0 Å². The van der Waals surface area contributed by atoms with Gasteiger partial charge in [-0.3, -0.25) is 4.79 Å². The molecule has 1 aliphatic carbocycles. The summed E-state index contributed by atoms with van der Waals surface area (Å²) in [5, 5.41) is 20.7. The van der Waals surface area contributed by atoms with E-state index in [0.717, 1.165) is 12.8 Å². The molecule has 0 saturated heterocycles. The molecule has 0 aliphatic heterocycles. The van der Waals surface area contributed by atoms with Crippen LogP contribution >= 0.6 is 0 Å². The number of hydrogen-bond donors (Lipinski definition) is 2. The molecule has 0 amide bonds. The number of carbonyl (C=O) groups excluding carboxylic acids is 1. The molecule has 0 aromatic heterocycles. The van der Waals surface area contributed by atoms with Gasteiger partial charge in [0.05, 0.1) is 18.3 Å². The Bertz CT molecular complexity index is 663. The maximum Gasteiger partial charge on any atom is 0.306 e. The van der Waals surface area contributed by atoms with Gasteiger partial charge in [0, 0.05) is 6.42 Å². The Morgan fingerprint density at radius 2 is 1.74 bits per heavy atom. The van der Waals surface area contributed by atoms with Crippen molar-refractivity contribution in [3.8, 4) is 5.75 Å². The van der Waals surface area contributed by atoms with Gasteiger partial charge in [0.25, 0.3) is 0 Å². The second-order valence-electron chi connectivity index (χ2n) is 8.62. The van der Waals surface area contributed by atoms with Crippen LogP contribution in [0.2, 0.25) is 0 Å². The van der Waals surface area contributed by atoms with Crippen molar-refractivity contribution >= 4 is 5.97 Å². The number of carbonyl (C=O) groups is 1. The highest BCUT2D eigenvalue weighted by Gasteiger charge is 2.40. The van der Waals surface area contributed by atoms with Crippen molar-refractivity contribution in [1.29, 1.82) is 0 Å². The highest BCUT2D eigenvalue weighted by atomic mass is 19.1. The van der Waals surface area contributed by atoms with Crippen LogP contribution in [0.1, 0.15) is 58.8 Å². The van der Waals surface area contributed by atoms with Crippen LogP contribution in [-0.2, 0) is 9.53 Å².